The maximum absolute atomic E-state index is 5.44. The molecule has 0 bridgehead atoms. The second-order valence-electron chi connectivity index (χ2n) is 5.55. The van der Waals surface area contributed by atoms with Gasteiger partial charge < -0.3 is 14.8 Å². The smallest absolute Gasteiger partial charge is 0.123 e. The van der Waals surface area contributed by atoms with Gasteiger partial charge in [0.1, 0.15) is 11.5 Å². The van der Waals surface area contributed by atoms with Crippen molar-refractivity contribution in [1.82, 2.24) is 5.32 Å². The van der Waals surface area contributed by atoms with E-state index in [0.29, 0.717) is 0 Å². The van der Waals surface area contributed by atoms with Crippen LogP contribution in [0.15, 0.2) is 18.2 Å². The van der Waals surface area contributed by atoms with Gasteiger partial charge in [-0.3, -0.25) is 0 Å². The first-order valence-corrected chi connectivity index (χ1v) is 7.11. The molecule has 0 amide bonds. The standard InChI is InChI=1S/C16H25NO2/c1-11(13-5-6-13)10-17-12(2)15-9-14(18-3)7-8-16(15)19-4/h7-9,11-13,17H,5-6,10H2,1-4H3. The topological polar surface area (TPSA) is 30.5 Å². The van der Waals surface area contributed by atoms with E-state index in [0.717, 1.165) is 35.4 Å². The summed E-state index contributed by atoms with van der Waals surface area (Å²) in [5.74, 6) is 3.49. The van der Waals surface area contributed by atoms with Crippen LogP contribution in [0.2, 0.25) is 0 Å². The first-order chi connectivity index (χ1) is 9.15. The number of nitrogens with one attached hydrogen (secondary N) is 1. The van der Waals surface area contributed by atoms with E-state index in [9.17, 15) is 0 Å². The maximum Gasteiger partial charge on any atom is 0.123 e. The Morgan fingerprint density at radius 2 is 1.95 bits per heavy atom. The molecule has 0 saturated heterocycles. The van der Waals surface area contributed by atoms with Gasteiger partial charge in [-0.05, 0) is 56.3 Å². The highest BCUT2D eigenvalue weighted by molar-refractivity contribution is 5.42. The average Bonchev–Trinajstić information content (AvgIpc) is 3.28. The van der Waals surface area contributed by atoms with Crippen molar-refractivity contribution in [2.24, 2.45) is 11.8 Å². The highest BCUT2D eigenvalue weighted by Crippen LogP contribution is 2.36. The molecule has 106 valence electrons. The highest BCUT2D eigenvalue weighted by Gasteiger charge is 2.27. The molecule has 1 fully saturated rings. The largest absolute Gasteiger partial charge is 0.497 e. The van der Waals surface area contributed by atoms with Crippen LogP contribution in [0, 0.1) is 11.8 Å². The molecule has 2 rings (SSSR count). The van der Waals surface area contributed by atoms with Crippen LogP contribution in [0.25, 0.3) is 0 Å². The van der Waals surface area contributed by atoms with Crippen LogP contribution in [-0.2, 0) is 0 Å². The van der Waals surface area contributed by atoms with Crippen molar-refractivity contribution in [3.05, 3.63) is 23.8 Å². The highest BCUT2D eigenvalue weighted by atomic mass is 16.5. The summed E-state index contributed by atoms with van der Waals surface area (Å²) in [6.07, 6.45) is 2.80. The van der Waals surface area contributed by atoms with E-state index in [1.54, 1.807) is 14.2 Å². The number of methoxy groups -OCH3 is 2. The van der Waals surface area contributed by atoms with Crippen LogP contribution in [-0.4, -0.2) is 20.8 Å². The summed E-state index contributed by atoms with van der Waals surface area (Å²) in [7, 11) is 3.41. The van der Waals surface area contributed by atoms with Crippen molar-refractivity contribution in [2.75, 3.05) is 20.8 Å². The van der Waals surface area contributed by atoms with E-state index in [4.69, 9.17) is 9.47 Å². The summed E-state index contributed by atoms with van der Waals surface area (Å²) in [5, 5.41) is 3.61. The summed E-state index contributed by atoms with van der Waals surface area (Å²) >= 11 is 0. The summed E-state index contributed by atoms with van der Waals surface area (Å²) in [4.78, 5) is 0. The number of hydrogen-bond donors (Lipinski definition) is 1. The molecule has 1 aliphatic carbocycles. The molecular formula is C16H25NO2. The van der Waals surface area contributed by atoms with E-state index in [1.165, 1.54) is 12.8 Å². The Labute approximate surface area is 116 Å². The minimum Gasteiger partial charge on any atom is -0.497 e. The van der Waals surface area contributed by atoms with Gasteiger partial charge in [0.15, 0.2) is 0 Å². The van der Waals surface area contributed by atoms with Gasteiger partial charge in [-0.2, -0.15) is 0 Å². The lowest BCUT2D eigenvalue weighted by atomic mass is 10.0. The van der Waals surface area contributed by atoms with E-state index >= 15 is 0 Å². The summed E-state index contributed by atoms with van der Waals surface area (Å²) in [6, 6.07) is 6.22. The van der Waals surface area contributed by atoms with Crippen molar-refractivity contribution >= 4 is 0 Å². The second-order valence-corrected chi connectivity index (χ2v) is 5.55. The van der Waals surface area contributed by atoms with Gasteiger partial charge in [0.2, 0.25) is 0 Å². The SMILES string of the molecule is COc1ccc(OC)c(C(C)NCC(C)C2CC2)c1. The fourth-order valence-corrected chi connectivity index (χ4v) is 2.48. The zero-order valence-electron chi connectivity index (χ0n) is 12.4. The third-order valence-corrected chi connectivity index (χ3v) is 4.08. The predicted octanol–water partition coefficient (Wildman–Crippen LogP) is 3.40. The Kier molecular flexibility index (Phi) is 4.70. The molecule has 1 aliphatic rings. The molecule has 1 aromatic carbocycles. The summed E-state index contributed by atoms with van der Waals surface area (Å²) in [6.45, 7) is 5.57. The molecule has 1 aromatic rings. The predicted molar refractivity (Wildman–Crippen MR) is 77.9 cm³/mol. The van der Waals surface area contributed by atoms with Crippen LogP contribution in [0.3, 0.4) is 0 Å². The Morgan fingerprint density at radius 1 is 1.21 bits per heavy atom. The minimum atomic E-state index is 0.270. The minimum absolute atomic E-state index is 0.270. The summed E-state index contributed by atoms with van der Waals surface area (Å²) < 4.78 is 10.7. The van der Waals surface area contributed by atoms with Gasteiger partial charge in [-0.1, -0.05) is 6.92 Å². The molecule has 0 heterocycles. The van der Waals surface area contributed by atoms with Gasteiger partial charge in [-0.15, -0.1) is 0 Å². The average molecular weight is 263 g/mol. The molecular weight excluding hydrogens is 238 g/mol. The number of rotatable bonds is 7. The molecule has 1 N–H and O–H groups in total. The van der Waals surface area contributed by atoms with Crippen LogP contribution in [0.5, 0.6) is 11.5 Å². The third kappa shape index (κ3) is 3.63. The van der Waals surface area contributed by atoms with E-state index in [1.807, 2.05) is 12.1 Å². The first-order valence-electron chi connectivity index (χ1n) is 7.11. The molecule has 1 saturated carbocycles. The molecule has 0 radical (unpaired) electrons. The van der Waals surface area contributed by atoms with Crippen molar-refractivity contribution in [1.29, 1.82) is 0 Å². The zero-order valence-corrected chi connectivity index (χ0v) is 12.4. The van der Waals surface area contributed by atoms with Crippen molar-refractivity contribution in [2.45, 2.75) is 32.7 Å². The van der Waals surface area contributed by atoms with Crippen molar-refractivity contribution in [3.8, 4) is 11.5 Å². The number of ether oxygens (including phenoxy) is 2. The van der Waals surface area contributed by atoms with Crippen LogP contribution >= 0.6 is 0 Å². The van der Waals surface area contributed by atoms with Gasteiger partial charge in [0.05, 0.1) is 14.2 Å². The van der Waals surface area contributed by atoms with Crippen LogP contribution in [0.1, 0.15) is 38.3 Å². The van der Waals surface area contributed by atoms with Crippen LogP contribution < -0.4 is 14.8 Å². The Hall–Kier alpha value is -1.22. The maximum atomic E-state index is 5.44. The second kappa shape index (κ2) is 6.29. The molecule has 0 aromatic heterocycles. The molecule has 0 spiro atoms. The summed E-state index contributed by atoms with van der Waals surface area (Å²) in [5.41, 5.74) is 1.16. The Balaban J connectivity index is 2.01. The lowest BCUT2D eigenvalue weighted by molar-refractivity contribution is 0.384. The molecule has 3 nitrogen and oxygen atoms in total. The third-order valence-electron chi connectivity index (χ3n) is 4.08. The molecule has 2 atom stereocenters. The Bertz CT molecular complexity index is 415. The number of hydrogen-bond acceptors (Lipinski definition) is 3. The lowest BCUT2D eigenvalue weighted by Gasteiger charge is -2.20. The monoisotopic (exact) mass is 263 g/mol. The molecule has 3 heteroatoms. The number of benzene rings is 1. The fraction of sp³-hybridized carbons (Fsp3) is 0.625. The fourth-order valence-electron chi connectivity index (χ4n) is 2.48. The van der Waals surface area contributed by atoms with E-state index < -0.39 is 0 Å². The van der Waals surface area contributed by atoms with Crippen LogP contribution in [0.4, 0.5) is 0 Å². The first kappa shape index (κ1) is 14.2. The van der Waals surface area contributed by atoms with Gasteiger partial charge >= 0.3 is 0 Å². The lowest BCUT2D eigenvalue weighted by Crippen LogP contribution is -2.25. The molecule has 19 heavy (non-hydrogen) atoms. The van der Waals surface area contributed by atoms with Crippen molar-refractivity contribution in [3.63, 3.8) is 0 Å². The molecule has 0 aliphatic heterocycles. The normalized spacial score (nSPS) is 17.9. The Morgan fingerprint density at radius 3 is 2.53 bits per heavy atom. The quantitative estimate of drug-likeness (QED) is 0.818. The molecule has 2 unspecified atom stereocenters. The zero-order chi connectivity index (χ0) is 13.8. The van der Waals surface area contributed by atoms with E-state index in [-0.39, 0.29) is 6.04 Å². The van der Waals surface area contributed by atoms with E-state index in [2.05, 4.69) is 25.2 Å². The van der Waals surface area contributed by atoms with Gasteiger partial charge in [0.25, 0.3) is 0 Å². The van der Waals surface area contributed by atoms with Crippen molar-refractivity contribution < 1.29 is 9.47 Å². The van der Waals surface area contributed by atoms with Gasteiger partial charge in [-0.25, -0.2) is 0 Å². The van der Waals surface area contributed by atoms with Gasteiger partial charge in [0, 0.05) is 11.6 Å².